The molecule has 1 heterocycles. The van der Waals surface area contributed by atoms with Crippen LogP contribution in [-0.4, -0.2) is 37.1 Å². The molecule has 0 aromatic carbocycles. The lowest BCUT2D eigenvalue weighted by Crippen LogP contribution is -2.22. The molecule has 90 valence electrons. The predicted octanol–water partition coefficient (Wildman–Crippen LogP) is 1.99. The molecule has 1 N–H and O–H groups in total. The van der Waals surface area contributed by atoms with Gasteiger partial charge in [0.15, 0.2) is 0 Å². The molecule has 0 aliphatic heterocycles. The highest BCUT2D eigenvalue weighted by molar-refractivity contribution is 7.98. The molecule has 3 nitrogen and oxygen atoms in total. The van der Waals surface area contributed by atoms with E-state index in [1.807, 2.05) is 11.8 Å². The largest absolute Gasteiger partial charge is 0.359 e. The first kappa shape index (κ1) is 13.3. The number of rotatable bonds is 7. The van der Waals surface area contributed by atoms with E-state index in [-0.39, 0.29) is 0 Å². The topological polar surface area (TPSA) is 28.2 Å². The molecule has 0 saturated heterocycles. The van der Waals surface area contributed by atoms with Gasteiger partial charge >= 0.3 is 0 Å². The van der Waals surface area contributed by atoms with E-state index in [0.717, 1.165) is 36.9 Å². The highest BCUT2D eigenvalue weighted by Gasteiger charge is 2.02. The Morgan fingerprint density at radius 1 is 1.44 bits per heavy atom. The second kappa shape index (κ2) is 7.52. The molecule has 1 aromatic rings. The van der Waals surface area contributed by atoms with Gasteiger partial charge in [-0.25, -0.2) is 4.98 Å². The molecule has 0 fully saturated rings. The average Bonchev–Trinajstić information content (AvgIpc) is 2.33. The summed E-state index contributed by atoms with van der Waals surface area (Å²) < 4.78 is 0. The van der Waals surface area contributed by atoms with Crippen molar-refractivity contribution in [2.75, 3.05) is 37.0 Å². The second-order valence-electron chi connectivity index (χ2n) is 3.68. The van der Waals surface area contributed by atoms with Gasteiger partial charge in [0, 0.05) is 25.9 Å². The lowest BCUT2D eigenvalue weighted by atomic mass is 10.3. The van der Waals surface area contributed by atoms with Gasteiger partial charge in [-0.15, -0.1) is 0 Å². The van der Waals surface area contributed by atoms with Crippen LogP contribution in [0, 0.1) is 0 Å². The molecule has 0 saturated carbocycles. The highest BCUT2D eigenvalue weighted by atomic mass is 32.2. The third-order valence-corrected chi connectivity index (χ3v) is 2.96. The molecule has 0 spiro atoms. The summed E-state index contributed by atoms with van der Waals surface area (Å²) in [7, 11) is 2.09. The molecular weight excluding hydrogens is 218 g/mol. The summed E-state index contributed by atoms with van der Waals surface area (Å²) in [5.74, 6) is 2.19. The van der Waals surface area contributed by atoms with Crippen LogP contribution in [0.3, 0.4) is 0 Å². The molecule has 0 amide bonds. The van der Waals surface area contributed by atoms with Crippen LogP contribution in [0.5, 0.6) is 0 Å². The van der Waals surface area contributed by atoms with Gasteiger partial charge in [-0.1, -0.05) is 13.0 Å². The second-order valence-corrected chi connectivity index (χ2v) is 4.67. The van der Waals surface area contributed by atoms with Gasteiger partial charge < -0.3 is 10.2 Å². The van der Waals surface area contributed by atoms with Crippen molar-refractivity contribution < 1.29 is 0 Å². The summed E-state index contributed by atoms with van der Waals surface area (Å²) in [5.41, 5.74) is 1.11. The van der Waals surface area contributed by atoms with Crippen LogP contribution in [-0.2, 0) is 6.54 Å². The van der Waals surface area contributed by atoms with Crippen molar-refractivity contribution in [2.45, 2.75) is 13.5 Å². The van der Waals surface area contributed by atoms with Gasteiger partial charge in [-0.2, -0.15) is 11.8 Å². The van der Waals surface area contributed by atoms with E-state index < -0.39 is 0 Å². The number of nitrogens with zero attached hydrogens (tertiary/aromatic N) is 2. The zero-order valence-corrected chi connectivity index (χ0v) is 11.2. The van der Waals surface area contributed by atoms with Crippen molar-refractivity contribution in [3.63, 3.8) is 0 Å². The summed E-state index contributed by atoms with van der Waals surface area (Å²) in [5, 5.41) is 3.29. The van der Waals surface area contributed by atoms with Crippen molar-refractivity contribution in [1.29, 1.82) is 0 Å². The van der Waals surface area contributed by atoms with E-state index in [9.17, 15) is 0 Å². The Morgan fingerprint density at radius 2 is 2.25 bits per heavy atom. The molecule has 1 aromatic heterocycles. The molecule has 1 rings (SSSR count). The van der Waals surface area contributed by atoms with Gasteiger partial charge in [0.2, 0.25) is 0 Å². The number of hydrogen-bond donors (Lipinski definition) is 1. The van der Waals surface area contributed by atoms with Crippen LogP contribution >= 0.6 is 11.8 Å². The maximum atomic E-state index is 4.62. The normalized spacial score (nSPS) is 10.4. The fourth-order valence-electron chi connectivity index (χ4n) is 1.37. The van der Waals surface area contributed by atoms with E-state index in [1.165, 1.54) is 0 Å². The van der Waals surface area contributed by atoms with Gasteiger partial charge in [-0.05, 0) is 24.9 Å². The summed E-state index contributed by atoms with van der Waals surface area (Å²) in [6.07, 6.45) is 2.13. The fourth-order valence-corrected chi connectivity index (χ4v) is 1.83. The Balaban J connectivity index is 2.58. The van der Waals surface area contributed by atoms with E-state index in [2.05, 4.69) is 53.6 Å². The SMILES string of the molecule is CCNCc1cccc(N(C)CCSC)n1. The quantitative estimate of drug-likeness (QED) is 0.787. The molecule has 0 radical (unpaired) electrons. The standard InChI is InChI=1S/C12H21N3S/c1-4-13-10-11-6-5-7-12(14-11)15(2)8-9-16-3/h5-7,13H,4,8-10H2,1-3H3. The molecule has 0 bridgehead atoms. The Hall–Kier alpha value is -0.740. The van der Waals surface area contributed by atoms with Crippen LogP contribution in [0.15, 0.2) is 18.2 Å². The molecular formula is C12H21N3S. The summed E-state index contributed by atoms with van der Waals surface area (Å²) in [6.45, 7) is 4.97. The minimum atomic E-state index is 0.848. The van der Waals surface area contributed by atoms with Crippen molar-refractivity contribution >= 4 is 17.6 Å². The smallest absolute Gasteiger partial charge is 0.128 e. The maximum Gasteiger partial charge on any atom is 0.128 e. The van der Waals surface area contributed by atoms with Crippen LogP contribution in [0.2, 0.25) is 0 Å². The number of anilines is 1. The average molecular weight is 239 g/mol. The summed E-state index contributed by atoms with van der Waals surface area (Å²) in [4.78, 5) is 6.82. The minimum absolute atomic E-state index is 0.848. The monoisotopic (exact) mass is 239 g/mol. The number of aromatic nitrogens is 1. The maximum absolute atomic E-state index is 4.62. The van der Waals surface area contributed by atoms with Gasteiger partial charge in [0.1, 0.15) is 5.82 Å². The number of pyridine rings is 1. The predicted molar refractivity (Wildman–Crippen MR) is 73.3 cm³/mol. The number of nitrogens with one attached hydrogen (secondary N) is 1. The summed E-state index contributed by atoms with van der Waals surface area (Å²) in [6, 6.07) is 6.20. The highest BCUT2D eigenvalue weighted by Crippen LogP contribution is 2.10. The fraction of sp³-hybridized carbons (Fsp3) is 0.583. The molecule has 16 heavy (non-hydrogen) atoms. The van der Waals surface area contributed by atoms with Crippen LogP contribution in [0.4, 0.5) is 5.82 Å². The first-order chi connectivity index (χ1) is 7.77. The van der Waals surface area contributed by atoms with Crippen molar-refractivity contribution in [3.8, 4) is 0 Å². The van der Waals surface area contributed by atoms with Crippen LogP contribution in [0.25, 0.3) is 0 Å². The molecule has 4 heteroatoms. The Morgan fingerprint density at radius 3 is 2.94 bits per heavy atom. The first-order valence-electron chi connectivity index (χ1n) is 5.64. The van der Waals surface area contributed by atoms with Gasteiger partial charge in [0.05, 0.1) is 5.69 Å². The van der Waals surface area contributed by atoms with E-state index in [4.69, 9.17) is 0 Å². The van der Waals surface area contributed by atoms with Crippen LogP contribution < -0.4 is 10.2 Å². The molecule has 0 aliphatic rings. The Kier molecular flexibility index (Phi) is 6.26. The van der Waals surface area contributed by atoms with Crippen molar-refractivity contribution in [3.05, 3.63) is 23.9 Å². The zero-order valence-electron chi connectivity index (χ0n) is 10.4. The van der Waals surface area contributed by atoms with Crippen molar-refractivity contribution in [1.82, 2.24) is 10.3 Å². The Bertz CT molecular complexity index is 304. The lowest BCUT2D eigenvalue weighted by molar-refractivity contribution is 0.709. The van der Waals surface area contributed by atoms with E-state index >= 15 is 0 Å². The van der Waals surface area contributed by atoms with Gasteiger partial charge in [-0.3, -0.25) is 0 Å². The van der Waals surface area contributed by atoms with E-state index in [0.29, 0.717) is 0 Å². The lowest BCUT2D eigenvalue weighted by Gasteiger charge is -2.18. The molecule has 0 atom stereocenters. The number of hydrogen-bond acceptors (Lipinski definition) is 4. The zero-order chi connectivity index (χ0) is 11.8. The minimum Gasteiger partial charge on any atom is -0.359 e. The van der Waals surface area contributed by atoms with Gasteiger partial charge in [0.25, 0.3) is 0 Å². The molecule has 0 unspecified atom stereocenters. The Labute approximate surface area is 103 Å². The third-order valence-electron chi connectivity index (χ3n) is 2.37. The third kappa shape index (κ3) is 4.41. The van der Waals surface area contributed by atoms with Crippen molar-refractivity contribution in [2.24, 2.45) is 0 Å². The molecule has 0 aliphatic carbocycles. The first-order valence-corrected chi connectivity index (χ1v) is 7.04. The summed E-state index contributed by atoms with van der Waals surface area (Å²) >= 11 is 1.86. The number of thioether (sulfide) groups is 1. The van der Waals surface area contributed by atoms with Crippen LogP contribution in [0.1, 0.15) is 12.6 Å². The van der Waals surface area contributed by atoms with E-state index in [1.54, 1.807) is 0 Å².